The van der Waals surface area contributed by atoms with Crippen molar-refractivity contribution in [2.75, 3.05) is 32.1 Å². The Kier molecular flexibility index (Phi) is 6.89. The smallest absolute Gasteiger partial charge is 0.343 e. The highest BCUT2D eigenvalue weighted by atomic mass is 16.6. The highest BCUT2D eigenvalue weighted by molar-refractivity contribution is 5.89. The molecule has 0 bridgehead atoms. The second kappa shape index (κ2) is 9.78. The molecule has 0 spiro atoms. The summed E-state index contributed by atoms with van der Waals surface area (Å²) < 4.78 is 9.84. The Morgan fingerprint density at radius 3 is 2.50 bits per heavy atom. The number of hydrogen-bond donors (Lipinski definition) is 1. The minimum atomic E-state index is -0.438. The van der Waals surface area contributed by atoms with Gasteiger partial charge in [-0.3, -0.25) is 0 Å². The number of ether oxygens (including phenoxy) is 2. The number of carbonyl (C=O) groups excluding carboxylic acids is 2. The number of nitrogens with zero attached hydrogens (tertiary/aromatic N) is 1. The number of nitrogens with one attached hydrogen (secondary N) is 1. The molecule has 1 unspecified atom stereocenters. The summed E-state index contributed by atoms with van der Waals surface area (Å²) in [5, 5.41) is 2.94. The fourth-order valence-electron chi connectivity index (χ4n) is 3.40. The van der Waals surface area contributed by atoms with Crippen molar-refractivity contribution < 1.29 is 19.1 Å². The van der Waals surface area contributed by atoms with Crippen molar-refractivity contribution in [3.05, 3.63) is 60.2 Å². The van der Waals surface area contributed by atoms with Crippen molar-refractivity contribution in [2.24, 2.45) is 0 Å². The highest BCUT2D eigenvalue weighted by Crippen LogP contribution is 2.28. The number of likely N-dealkylation sites (tertiary alicyclic amines) is 1. The van der Waals surface area contributed by atoms with Gasteiger partial charge < -0.3 is 19.7 Å². The summed E-state index contributed by atoms with van der Waals surface area (Å²) in [7, 11) is 1.31. The molecule has 2 aromatic rings. The second-order valence-corrected chi connectivity index (χ2v) is 6.84. The van der Waals surface area contributed by atoms with Crippen LogP contribution in [0.2, 0.25) is 0 Å². The zero-order valence-corrected chi connectivity index (χ0v) is 16.1. The van der Waals surface area contributed by atoms with Gasteiger partial charge >= 0.3 is 12.0 Å². The molecule has 1 heterocycles. The van der Waals surface area contributed by atoms with Crippen molar-refractivity contribution in [3.63, 3.8) is 0 Å². The predicted molar refractivity (Wildman–Crippen MR) is 108 cm³/mol. The van der Waals surface area contributed by atoms with E-state index in [0.717, 1.165) is 32.4 Å². The quantitative estimate of drug-likeness (QED) is 0.793. The van der Waals surface area contributed by atoms with Crippen molar-refractivity contribution in [1.29, 1.82) is 0 Å². The number of benzene rings is 2. The zero-order chi connectivity index (χ0) is 19.8. The lowest BCUT2D eigenvalue weighted by atomic mass is 9.92. The summed E-state index contributed by atoms with van der Waals surface area (Å²) in [6, 6.07) is 17.4. The second-order valence-electron chi connectivity index (χ2n) is 6.84. The lowest BCUT2D eigenvalue weighted by Gasteiger charge is -2.21. The molecule has 1 aliphatic heterocycles. The van der Waals surface area contributed by atoms with Crippen molar-refractivity contribution >= 4 is 17.7 Å². The SMILES string of the molecule is COC(=O)COc1ccc(NC(=O)N2CCCC(c3ccccc3)CC2)cc1. The van der Waals surface area contributed by atoms with Crippen LogP contribution in [0.3, 0.4) is 0 Å². The van der Waals surface area contributed by atoms with Crippen LogP contribution in [0.5, 0.6) is 5.75 Å². The molecule has 6 heteroatoms. The van der Waals surface area contributed by atoms with E-state index in [1.165, 1.54) is 12.7 Å². The molecule has 0 aliphatic carbocycles. The molecular weight excluding hydrogens is 356 g/mol. The first-order valence-corrected chi connectivity index (χ1v) is 9.56. The van der Waals surface area contributed by atoms with E-state index in [1.54, 1.807) is 24.3 Å². The molecule has 1 saturated heterocycles. The Morgan fingerprint density at radius 1 is 1.04 bits per heavy atom. The molecule has 2 amide bonds. The fourth-order valence-corrected chi connectivity index (χ4v) is 3.40. The van der Waals surface area contributed by atoms with Crippen LogP contribution in [0.4, 0.5) is 10.5 Å². The largest absolute Gasteiger partial charge is 0.482 e. The van der Waals surface area contributed by atoms with Gasteiger partial charge in [0.2, 0.25) is 0 Å². The number of urea groups is 1. The van der Waals surface area contributed by atoms with Crippen LogP contribution < -0.4 is 10.1 Å². The predicted octanol–water partition coefficient (Wildman–Crippen LogP) is 4.04. The Morgan fingerprint density at radius 2 is 1.79 bits per heavy atom. The van der Waals surface area contributed by atoms with Crippen LogP contribution in [0.1, 0.15) is 30.7 Å². The third kappa shape index (κ3) is 5.49. The lowest BCUT2D eigenvalue weighted by Crippen LogP contribution is -2.35. The van der Waals surface area contributed by atoms with Gasteiger partial charge in [-0.05, 0) is 55.0 Å². The number of hydrogen-bond acceptors (Lipinski definition) is 4. The van der Waals surface area contributed by atoms with E-state index in [1.807, 2.05) is 11.0 Å². The Labute approximate surface area is 165 Å². The summed E-state index contributed by atoms with van der Waals surface area (Å²) in [5.74, 6) is 0.612. The maximum absolute atomic E-state index is 12.6. The first-order valence-electron chi connectivity index (χ1n) is 9.56. The molecule has 0 aromatic heterocycles. The number of esters is 1. The highest BCUT2D eigenvalue weighted by Gasteiger charge is 2.21. The Hall–Kier alpha value is -3.02. The fraction of sp³-hybridized carbons (Fsp3) is 0.364. The molecule has 1 fully saturated rings. The molecule has 28 heavy (non-hydrogen) atoms. The molecular formula is C22H26N2O4. The van der Waals surface area contributed by atoms with Crippen LogP contribution >= 0.6 is 0 Å². The van der Waals surface area contributed by atoms with E-state index in [4.69, 9.17) is 4.74 Å². The molecule has 3 rings (SSSR count). The van der Waals surface area contributed by atoms with E-state index in [-0.39, 0.29) is 12.6 Å². The van der Waals surface area contributed by atoms with Crippen LogP contribution in [-0.4, -0.2) is 43.7 Å². The topological polar surface area (TPSA) is 67.9 Å². The summed E-state index contributed by atoms with van der Waals surface area (Å²) in [6.07, 6.45) is 3.06. The van der Waals surface area contributed by atoms with Crippen molar-refractivity contribution in [3.8, 4) is 5.75 Å². The average Bonchev–Trinajstić information content (AvgIpc) is 3.00. The molecule has 6 nitrogen and oxygen atoms in total. The summed E-state index contributed by atoms with van der Waals surface area (Å²) in [6.45, 7) is 1.36. The maximum atomic E-state index is 12.6. The van der Waals surface area contributed by atoms with E-state index in [9.17, 15) is 9.59 Å². The molecule has 0 saturated carbocycles. The minimum absolute atomic E-state index is 0.0862. The summed E-state index contributed by atoms with van der Waals surface area (Å²) in [5.41, 5.74) is 2.05. The average molecular weight is 382 g/mol. The van der Waals surface area contributed by atoms with Crippen LogP contribution in [0, 0.1) is 0 Å². The summed E-state index contributed by atoms with van der Waals surface area (Å²) >= 11 is 0. The molecule has 1 atom stereocenters. The molecule has 2 aromatic carbocycles. The van der Waals surface area contributed by atoms with Gasteiger partial charge in [0.25, 0.3) is 0 Å². The zero-order valence-electron chi connectivity index (χ0n) is 16.1. The van der Waals surface area contributed by atoms with Gasteiger partial charge in [0.1, 0.15) is 5.75 Å². The number of carbonyl (C=O) groups is 2. The normalized spacial score (nSPS) is 16.8. The first-order chi connectivity index (χ1) is 13.7. The molecule has 1 N–H and O–H groups in total. The number of rotatable bonds is 5. The number of methoxy groups -OCH3 is 1. The van der Waals surface area contributed by atoms with Gasteiger partial charge in [0, 0.05) is 18.8 Å². The van der Waals surface area contributed by atoms with Crippen LogP contribution in [0.15, 0.2) is 54.6 Å². The maximum Gasteiger partial charge on any atom is 0.343 e. The van der Waals surface area contributed by atoms with E-state index in [0.29, 0.717) is 17.4 Å². The third-order valence-corrected chi connectivity index (χ3v) is 4.98. The Bertz CT molecular complexity index is 777. The van der Waals surface area contributed by atoms with Gasteiger partial charge in [-0.15, -0.1) is 0 Å². The van der Waals surface area contributed by atoms with Gasteiger partial charge in [-0.25, -0.2) is 9.59 Å². The molecule has 1 aliphatic rings. The van der Waals surface area contributed by atoms with Gasteiger partial charge in [-0.2, -0.15) is 0 Å². The van der Waals surface area contributed by atoms with E-state index in [2.05, 4.69) is 34.3 Å². The summed E-state index contributed by atoms with van der Waals surface area (Å²) in [4.78, 5) is 25.6. The van der Waals surface area contributed by atoms with Crippen LogP contribution in [0.25, 0.3) is 0 Å². The van der Waals surface area contributed by atoms with Gasteiger partial charge in [0.05, 0.1) is 7.11 Å². The van der Waals surface area contributed by atoms with Gasteiger partial charge in [-0.1, -0.05) is 30.3 Å². The van der Waals surface area contributed by atoms with Crippen molar-refractivity contribution in [2.45, 2.75) is 25.2 Å². The standard InChI is InChI=1S/C22H26N2O4/c1-27-21(25)16-28-20-11-9-19(10-12-20)23-22(26)24-14-5-8-18(13-15-24)17-6-3-2-4-7-17/h2-4,6-7,9-12,18H,5,8,13-16H2,1H3,(H,23,26). The minimum Gasteiger partial charge on any atom is -0.482 e. The van der Waals surface area contributed by atoms with E-state index >= 15 is 0 Å². The number of amides is 2. The van der Waals surface area contributed by atoms with Crippen LogP contribution in [-0.2, 0) is 9.53 Å². The van der Waals surface area contributed by atoms with Gasteiger partial charge in [0.15, 0.2) is 6.61 Å². The third-order valence-electron chi connectivity index (χ3n) is 4.98. The number of anilines is 1. The first kappa shape index (κ1) is 19.7. The molecule has 148 valence electrons. The van der Waals surface area contributed by atoms with Crippen molar-refractivity contribution in [1.82, 2.24) is 4.90 Å². The monoisotopic (exact) mass is 382 g/mol. The molecule has 0 radical (unpaired) electrons. The van der Waals surface area contributed by atoms with E-state index < -0.39 is 5.97 Å². The Balaban J connectivity index is 1.51. The lowest BCUT2D eigenvalue weighted by molar-refractivity contribution is -0.142.